The molecule has 32 nitrogen and oxygen atoms in total. The van der Waals surface area contributed by atoms with Crippen molar-refractivity contribution in [1.29, 1.82) is 0 Å². The van der Waals surface area contributed by atoms with Gasteiger partial charge in [-0.15, -0.1) is 0 Å². The first kappa shape index (κ1) is 91.7. The van der Waals surface area contributed by atoms with Gasteiger partial charge in [-0.25, -0.2) is 43.2 Å². The summed E-state index contributed by atoms with van der Waals surface area (Å²) in [6, 6.07) is 76.7. The van der Waals surface area contributed by atoms with E-state index in [1.165, 1.54) is 177 Å². The second kappa shape index (κ2) is 43.9. The molecule has 0 bridgehead atoms. The van der Waals surface area contributed by atoms with Crippen LogP contribution in [-0.4, -0.2) is 222 Å². The van der Waals surface area contributed by atoms with Gasteiger partial charge in [0.05, 0.1) is 63.3 Å². The van der Waals surface area contributed by atoms with Crippen LogP contribution in [0.5, 0.6) is 0 Å². The van der Waals surface area contributed by atoms with Crippen LogP contribution in [0, 0.1) is 0 Å². The zero-order chi connectivity index (χ0) is 91.3. The highest BCUT2D eigenvalue weighted by atomic mass is 16.8. The highest BCUT2D eigenvalue weighted by Crippen LogP contribution is 2.43. The van der Waals surface area contributed by atoms with Gasteiger partial charge in [0.2, 0.25) is 0 Å². The molecule has 0 aromatic heterocycles. The Morgan fingerprint density at radius 3 is 0.855 bits per heavy atom. The van der Waals surface area contributed by atoms with E-state index in [-0.39, 0.29) is 56.7 Å². The minimum atomic E-state index is -2.38. The first-order valence-electron chi connectivity index (χ1n) is 41.8. The Labute approximate surface area is 749 Å². The fourth-order valence-corrected chi connectivity index (χ4v) is 15.3. The number of esters is 11. The first-order valence-corrected chi connectivity index (χ1v) is 41.8. The molecule has 0 N–H and O–H groups in total. The highest BCUT2D eigenvalue weighted by Gasteiger charge is 2.62. The standard InChI is InChI=1S/C99H88O32/c1-58(100)116-74-72(57-115-97-83(127-93(109)67-48-28-11-29-49-67)78(124-90(106)64-42-22-8-23-43-64)75(122-88(104)62-38-18-6-19-39-62)70(119-97)54-112-86(102)60-34-14-4-15-35-60)121-98(131-81-77-73(56-114-95(129-77)69-52-32-13-33-53-69)118-96(111-3)82(81)126-92(108)66-46-26-10-27-47-66)84(117-59(2)101)80(74)130-99-85(128-94(110)68-50-30-12-31-51-68)79(125-91(107)65-44-24-9-25-45-65)76(123-89(105)63-40-20-7-21-41-63)71(120-99)55-113-87(103)61-36-16-5-17-37-61/h4-53,70-85,95-99H,54-57H2,1-3H3/t70-,71-,72-,73-,74-,75-,76-,77-,78+,79+,80+,81+,82-,83-,84-,85-,95-,96+,97-,98+,99+/m1/s1. The lowest BCUT2D eigenvalue weighted by Crippen LogP contribution is -2.69. The van der Waals surface area contributed by atoms with Crippen LogP contribution in [-0.2, 0) is 109 Å². The number of rotatable bonds is 31. The molecule has 0 radical (unpaired) electrons. The summed E-state index contributed by atoms with van der Waals surface area (Å²) in [5.74, 6) is -11.7. The van der Waals surface area contributed by atoms with Crippen LogP contribution >= 0.6 is 0 Å². The topological polar surface area (TPSA) is 382 Å². The predicted octanol–water partition coefficient (Wildman–Crippen LogP) is 11.6. The third-order valence-electron chi connectivity index (χ3n) is 21.5. The van der Waals surface area contributed by atoms with Crippen molar-refractivity contribution in [3.8, 4) is 0 Å². The van der Waals surface area contributed by atoms with Gasteiger partial charge in [-0.1, -0.05) is 194 Å². The molecule has 5 saturated heterocycles. The van der Waals surface area contributed by atoms with Crippen molar-refractivity contribution in [3.63, 3.8) is 0 Å². The van der Waals surface area contributed by atoms with Crippen LogP contribution in [0.1, 0.15) is 119 Å². The third kappa shape index (κ3) is 23.0. The molecular formula is C99H88O32. The first-order chi connectivity index (χ1) is 63.8. The normalized spacial score (nSPS) is 26.1. The molecule has 15 rings (SSSR count). The Bertz CT molecular complexity index is 5520. The Morgan fingerprint density at radius 2 is 0.519 bits per heavy atom. The minimum absolute atomic E-state index is 0.0217. The van der Waals surface area contributed by atoms with Gasteiger partial charge in [-0.3, -0.25) is 9.59 Å². The van der Waals surface area contributed by atoms with Gasteiger partial charge >= 0.3 is 65.7 Å². The Balaban J connectivity index is 0.910. The van der Waals surface area contributed by atoms with E-state index >= 15 is 19.2 Å². The monoisotopic (exact) mass is 1790 g/mol. The summed E-state index contributed by atoms with van der Waals surface area (Å²) in [5, 5.41) is 0. The SMILES string of the molecule is CO[C@H]1O[C@@H]2CO[C@@H](c3ccccc3)O[C@H]2[C@H](O[C@@H]2O[C@H](CO[C@@H]3O[C@H](COC(=O)c4ccccc4)[C@@H](OC(=O)c4ccccc4)[C@H](OC(=O)c4ccccc4)[C@H]3OC(=O)c3ccccc3)[C@@H](OC(C)=O)[C@H](O[C@@H]3O[C@H](COC(=O)c4ccccc4)[C@@H](OC(=O)c4ccccc4)[C@H](OC(=O)c4ccccc4)[C@H]3OC(=O)c3ccccc3)[C@H]2OC(C)=O)[C@H]1OC(=O)c1ccccc1. The minimum Gasteiger partial charge on any atom is -0.459 e. The summed E-state index contributed by atoms with van der Waals surface area (Å²) in [6.07, 6.45) is -40.8. The molecule has 676 valence electrons. The van der Waals surface area contributed by atoms with E-state index in [0.717, 1.165) is 13.8 Å². The molecule has 21 atom stereocenters. The molecule has 5 heterocycles. The van der Waals surface area contributed by atoms with Crippen LogP contribution in [0.3, 0.4) is 0 Å². The molecule has 0 amide bonds. The Kier molecular flexibility index (Phi) is 30.7. The number of ether oxygens (including phenoxy) is 21. The third-order valence-corrected chi connectivity index (χ3v) is 21.5. The Morgan fingerprint density at radius 1 is 0.260 bits per heavy atom. The van der Waals surface area contributed by atoms with Crippen molar-refractivity contribution in [1.82, 2.24) is 0 Å². The van der Waals surface area contributed by atoms with Gasteiger partial charge in [-0.05, 0) is 109 Å². The summed E-state index contributed by atoms with van der Waals surface area (Å²) >= 11 is 0. The number of methoxy groups -OCH3 is 1. The fourth-order valence-electron chi connectivity index (χ4n) is 15.3. The number of hydrogen-bond donors (Lipinski definition) is 0. The maximum absolute atomic E-state index is 15.3. The van der Waals surface area contributed by atoms with Gasteiger partial charge in [0.25, 0.3) is 0 Å². The van der Waals surface area contributed by atoms with E-state index in [1.54, 1.807) is 133 Å². The lowest BCUT2D eigenvalue weighted by molar-refractivity contribution is -0.400. The molecule has 0 spiro atoms. The van der Waals surface area contributed by atoms with E-state index in [2.05, 4.69) is 0 Å². The van der Waals surface area contributed by atoms with Crippen molar-refractivity contribution in [2.45, 2.75) is 143 Å². The maximum Gasteiger partial charge on any atom is 0.338 e. The van der Waals surface area contributed by atoms with E-state index in [1.807, 2.05) is 0 Å². The van der Waals surface area contributed by atoms with E-state index < -0.39 is 215 Å². The zero-order valence-electron chi connectivity index (χ0n) is 70.4. The molecule has 5 aliphatic rings. The molecule has 131 heavy (non-hydrogen) atoms. The van der Waals surface area contributed by atoms with Gasteiger partial charge < -0.3 is 99.5 Å². The quantitative estimate of drug-likeness (QED) is 0.0288. The molecule has 32 heteroatoms. The maximum atomic E-state index is 15.3. The second-order valence-electron chi connectivity index (χ2n) is 30.3. The molecule has 5 aliphatic heterocycles. The van der Waals surface area contributed by atoms with Crippen molar-refractivity contribution < 1.29 is 152 Å². The lowest BCUT2D eigenvalue weighted by Gasteiger charge is -2.52. The van der Waals surface area contributed by atoms with Gasteiger partial charge in [0, 0.05) is 26.5 Å². The van der Waals surface area contributed by atoms with Crippen LogP contribution in [0.2, 0.25) is 0 Å². The number of hydrogen-bond acceptors (Lipinski definition) is 32. The highest BCUT2D eigenvalue weighted by molar-refractivity contribution is 5.94. The number of fused-ring (bicyclic) bond motifs is 1. The summed E-state index contributed by atoms with van der Waals surface area (Å²) in [7, 11) is 1.25. The van der Waals surface area contributed by atoms with Crippen LogP contribution in [0.4, 0.5) is 0 Å². The average molecular weight is 1790 g/mol. The van der Waals surface area contributed by atoms with Gasteiger partial charge in [0.15, 0.2) is 86.4 Å². The molecule has 5 fully saturated rings. The van der Waals surface area contributed by atoms with Crippen molar-refractivity contribution >= 4 is 65.7 Å². The van der Waals surface area contributed by atoms with Crippen molar-refractivity contribution in [3.05, 3.63) is 359 Å². The predicted molar refractivity (Wildman–Crippen MR) is 451 cm³/mol. The molecule has 10 aromatic rings. The summed E-state index contributed by atoms with van der Waals surface area (Å²) in [5.41, 5.74) is 0.0905. The van der Waals surface area contributed by atoms with E-state index in [4.69, 9.17) is 99.5 Å². The van der Waals surface area contributed by atoms with Crippen molar-refractivity contribution in [2.24, 2.45) is 0 Å². The fraction of sp³-hybridized carbons (Fsp3) is 0.283. The number of carbonyl (C=O) groups is 11. The van der Waals surface area contributed by atoms with Crippen LogP contribution in [0.15, 0.2) is 303 Å². The molecular weight excluding hydrogens is 1700 g/mol. The Hall–Kier alpha value is -14.0. The average Bonchev–Trinajstić information content (AvgIpc) is 0.751. The molecule has 0 aliphatic carbocycles. The van der Waals surface area contributed by atoms with Gasteiger partial charge in [-0.2, -0.15) is 0 Å². The largest absolute Gasteiger partial charge is 0.459 e. The molecule has 10 aromatic carbocycles. The van der Waals surface area contributed by atoms with E-state index in [9.17, 15) is 33.6 Å². The number of benzene rings is 10. The summed E-state index contributed by atoms with van der Waals surface area (Å²) in [4.78, 5) is 163. The smallest absolute Gasteiger partial charge is 0.338 e. The van der Waals surface area contributed by atoms with E-state index in [0.29, 0.717) is 5.56 Å². The second-order valence-corrected chi connectivity index (χ2v) is 30.3. The lowest BCUT2D eigenvalue weighted by atomic mass is 9.94. The van der Waals surface area contributed by atoms with Gasteiger partial charge in [0.1, 0.15) is 55.9 Å². The number of carbonyl (C=O) groups excluding carboxylic acids is 11. The molecule has 0 unspecified atom stereocenters. The van der Waals surface area contributed by atoms with Crippen LogP contribution in [0.25, 0.3) is 0 Å². The summed E-state index contributed by atoms with van der Waals surface area (Å²) in [6.45, 7) is -1.18. The zero-order valence-corrected chi connectivity index (χ0v) is 70.4. The summed E-state index contributed by atoms with van der Waals surface area (Å²) < 4.78 is 138. The molecule has 0 saturated carbocycles. The van der Waals surface area contributed by atoms with Crippen molar-refractivity contribution in [2.75, 3.05) is 33.5 Å². The van der Waals surface area contributed by atoms with Crippen LogP contribution < -0.4 is 0 Å².